The zero-order valence-electron chi connectivity index (χ0n) is 10.5. The molecule has 1 heterocycles. The summed E-state index contributed by atoms with van der Waals surface area (Å²) in [5, 5.41) is 22.6. The number of benzene rings is 1. The van der Waals surface area contributed by atoms with Crippen LogP contribution in [0.3, 0.4) is 0 Å². The van der Waals surface area contributed by atoms with Crippen molar-refractivity contribution in [2.45, 2.75) is 0 Å². The summed E-state index contributed by atoms with van der Waals surface area (Å²) < 4.78 is 14.7. The zero-order chi connectivity index (χ0) is 14.9. The molecule has 0 amide bonds. The van der Waals surface area contributed by atoms with E-state index in [0.717, 1.165) is 6.07 Å². The van der Waals surface area contributed by atoms with Crippen molar-refractivity contribution < 1.29 is 29.0 Å². The number of carboxylic acids is 1. The Hall–Kier alpha value is -2.41. The molecule has 106 valence electrons. The molecule has 2 N–H and O–H groups in total. The number of aromatic carboxylic acids is 1. The predicted octanol–water partition coefficient (Wildman–Crippen LogP) is 2.42. The van der Waals surface area contributed by atoms with E-state index in [1.807, 2.05) is 0 Å². The number of aromatic hydroxyl groups is 1. The van der Waals surface area contributed by atoms with Gasteiger partial charge in [0.05, 0.1) is 24.8 Å². The average Bonchev–Trinajstić information content (AvgIpc) is 2.87. The molecule has 0 atom stereocenters. The third kappa shape index (κ3) is 2.23. The highest BCUT2D eigenvalue weighted by Crippen LogP contribution is 2.47. The van der Waals surface area contributed by atoms with Crippen LogP contribution in [0.5, 0.6) is 17.2 Å². The number of phenolic OH excluding ortho intramolecular Hbond substituents is 1. The summed E-state index contributed by atoms with van der Waals surface area (Å²) in [6, 6.07) is 2.57. The summed E-state index contributed by atoms with van der Waals surface area (Å²) in [6.45, 7) is 0. The van der Waals surface area contributed by atoms with Crippen LogP contribution in [0.2, 0.25) is 5.02 Å². The molecule has 0 saturated heterocycles. The molecule has 0 spiro atoms. The van der Waals surface area contributed by atoms with E-state index in [1.165, 1.54) is 20.3 Å². The maximum Gasteiger partial charge on any atom is 0.374 e. The van der Waals surface area contributed by atoms with Crippen LogP contribution in [-0.4, -0.2) is 35.6 Å². The maximum absolute atomic E-state index is 10.8. The number of carbonyl (C=O) groups is 1. The van der Waals surface area contributed by atoms with Crippen molar-refractivity contribution in [2.75, 3.05) is 14.2 Å². The van der Waals surface area contributed by atoms with Gasteiger partial charge in [0.15, 0.2) is 11.5 Å². The Bertz CT molecular complexity index is 666. The molecule has 2 rings (SSSR count). The maximum atomic E-state index is 10.8. The summed E-state index contributed by atoms with van der Waals surface area (Å²) in [6.07, 6.45) is 0. The molecule has 1 aromatic carbocycles. The minimum absolute atomic E-state index is 0.0618. The molecule has 2 aromatic rings. The van der Waals surface area contributed by atoms with E-state index < -0.39 is 5.97 Å². The van der Waals surface area contributed by atoms with Crippen molar-refractivity contribution in [2.24, 2.45) is 0 Å². The molecule has 0 aliphatic heterocycles. The predicted molar refractivity (Wildman–Crippen MR) is 68.7 cm³/mol. The van der Waals surface area contributed by atoms with Gasteiger partial charge in [0.2, 0.25) is 11.5 Å². The highest BCUT2D eigenvalue weighted by atomic mass is 35.5. The first kappa shape index (κ1) is 14.0. The molecule has 8 heteroatoms. The van der Waals surface area contributed by atoms with E-state index in [9.17, 15) is 9.90 Å². The Morgan fingerprint density at radius 1 is 1.35 bits per heavy atom. The van der Waals surface area contributed by atoms with Crippen LogP contribution >= 0.6 is 11.6 Å². The number of nitrogens with zero attached hydrogens (tertiary/aromatic N) is 1. The van der Waals surface area contributed by atoms with Crippen LogP contribution in [-0.2, 0) is 0 Å². The number of rotatable bonds is 4. The van der Waals surface area contributed by atoms with Gasteiger partial charge < -0.3 is 24.2 Å². The smallest absolute Gasteiger partial charge is 0.374 e. The van der Waals surface area contributed by atoms with Crippen LogP contribution < -0.4 is 9.47 Å². The molecule has 0 radical (unpaired) electrons. The molecule has 0 fully saturated rings. The third-order valence-electron chi connectivity index (χ3n) is 2.57. The van der Waals surface area contributed by atoms with Crippen molar-refractivity contribution in [3.05, 3.63) is 22.9 Å². The van der Waals surface area contributed by atoms with Crippen molar-refractivity contribution >= 4 is 17.6 Å². The van der Waals surface area contributed by atoms with Gasteiger partial charge in [-0.2, -0.15) is 0 Å². The Balaban J connectivity index is 2.64. The van der Waals surface area contributed by atoms with Gasteiger partial charge in [0, 0.05) is 12.1 Å². The van der Waals surface area contributed by atoms with Gasteiger partial charge in [-0.15, -0.1) is 0 Å². The van der Waals surface area contributed by atoms with E-state index in [1.54, 1.807) is 0 Å². The summed E-state index contributed by atoms with van der Waals surface area (Å²) in [5.74, 6) is -1.67. The van der Waals surface area contributed by atoms with Crippen molar-refractivity contribution in [1.29, 1.82) is 0 Å². The van der Waals surface area contributed by atoms with Gasteiger partial charge in [0.1, 0.15) is 5.69 Å². The lowest BCUT2D eigenvalue weighted by Crippen LogP contribution is -1.94. The molecule has 0 unspecified atom stereocenters. The van der Waals surface area contributed by atoms with E-state index in [2.05, 4.69) is 9.68 Å². The van der Waals surface area contributed by atoms with Crippen LogP contribution in [0.15, 0.2) is 16.7 Å². The fourth-order valence-electron chi connectivity index (χ4n) is 1.68. The quantitative estimate of drug-likeness (QED) is 0.893. The second kappa shape index (κ2) is 5.30. The standard InChI is InChI=1S/C12H10ClNO6/c1-18-7-3-5(13)9(10(15)11(7)19-2)6-4-8(12(16)17)20-14-6/h3-4,15H,1-2H3,(H,16,17). The summed E-state index contributed by atoms with van der Waals surface area (Å²) in [7, 11) is 2.74. The Morgan fingerprint density at radius 2 is 2.05 bits per heavy atom. The monoisotopic (exact) mass is 299 g/mol. The zero-order valence-corrected chi connectivity index (χ0v) is 11.3. The molecule has 0 aliphatic rings. The minimum Gasteiger partial charge on any atom is -0.504 e. The summed E-state index contributed by atoms with van der Waals surface area (Å²) in [5.41, 5.74) is 0.173. The summed E-state index contributed by atoms with van der Waals surface area (Å²) >= 11 is 6.04. The SMILES string of the molecule is COc1cc(Cl)c(-c2cc(C(=O)O)on2)c(O)c1OC. The van der Waals surface area contributed by atoms with Gasteiger partial charge >= 0.3 is 5.97 Å². The van der Waals surface area contributed by atoms with Crippen molar-refractivity contribution in [1.82, 2.24) is 5.16 Å². The first-order chi connectivity index (χ1) is 9.49. The first-order valence-electron chi connectivity index (χ1n) is 5.33. The fraction of sp³-hybridized carbons (Fsp3) is 0.167. The number of hydrogen-bond acceptors (Lipinski definition) is 6. The normalized spacial score (nSPS) is 10.3. The topological polar surface area (TPSA) is 102 Å². The largest absolute Gasteiger partial charge is 0.504 e. The van der Waals surface area contributed by atoms with E-state index in [0.29, 0.717) is 0 Å². The lowest BCUT2D eigenvalue weighted by atomic mass is 10.1. The third-order valence-corrected chi connectivity index (χ3v) is 2.87. The van der Waals surface area contributed by atoms with Crippen molar-refractivity contribution in [3.63, 3.8) is 0 Å². The molecule has 0 aliphatic carbocycles. The number of carboxylic acid groups (broad SMARTS) is 1. The van der Waals surface area contributed by atoms with Gasteiger partial charge in [-0.3, -0.25) is 0 Å². The Labute approximate surface area is 118 Å². The molecular weight excluding hydrogens is 290 g/mol. The minimum atomic E-state index is -1.28. The highest BCUT2D eigenvalue weighted by molar-refractivity contribution is 6.34. The molecule has 20 heavy (non-hydrogen) atoms. The van der Waals surface area contributed by atoms with E-state index in [4.69, 9.17) is 26.2 Å². The van der Waals surface area contributed by atoms with Crippen LogP contribution in [0, 0.1) is 0 Å². The van der Waals surface area contributed by atoms with Crippen molar-refractivity contribution in [3.8, 4) is 28.5 Å². The van der Waals surface area contributed by atoms with Gasteiger partial charge in [-0.25, -0.2) is 4.79 Å². The van der Waals surface area contributed by atoms with Gasteiger partial charge in [0.25, 0.3) is 0 Å². The van der Waals surface area contributed by atoms with Crippen LogP contribution in [0.25, 0.3) is 11.3 Å². The fourth-order valence-corrected chi connectivity index (χ4v) is 1.97. The number of hydrogen-bond donors (Lipinski definition) is 2. The first-order valence-corrected chi connectivity index (χ1v) is 5.71. The van der Waals surface area contributed by atoms with E-state index >= 15 is 0 Å². The molecule has 0 saturated carbocycles. The molecule has 0 bridgehead atoms. The van der Waals surface area contributed by atoms with E-state index in [-0.39, 0.29) is 39.3 Å². The number of phenols is 1. The van der Waals surface area contributed by atoms with Crippen LogP contribution in [0.4, 0.5) is 0 Å². The average molecular weight is 300 g/mol. The highest BCUT2D eigenvalue weighted by Gasteiger charge is 2.23. The molecular formula is C12H10ClNO6. The van der Waals surface area contributed by atoms with Gasteiger partial charge in [-0.1, -0.05) is 16.8 Å². The number of aromatic nitrogens is 1. The molecule has 1 aromatic heterocycles. The lowest BCUT2D eigenvalue weighted by Gasteiger charge is -2.13. The summed E-state index contributed by atoms with van der Waals surface area (Å²) in [4.78, 5) is 10.8. The number of methoxy groups -OCH3 is 2. The molecule has 7 nitrogen and oxygen atoms in total. The second-order valence-electron chi connectivity index (χ2n) is 3.70. The number of halogens is 1. The Morgan fingerprint density at radius 3 is 2.55 bits per heavy atom. The lowest BCUT2D eigenvalue weighted by molar-refractivity contribution is 0.0652. The Kier molecular flexibility index (Phi) is 3.71. The van der Waals surface area contributed by atoms with Crippen LogP contribution in [0.1, 0.15) is 10.6 Å². The van der Waals surface area contributed by atoms with Gasteiger partial charge in [-0.05, 0) is 0 Å². The number of ether oxygens (including phenoxy) is 2. The second-order valence-corrected chi connectivity index (χ2v) is 4.11.